The van der Waals surface area contributed by atoms with Gasteiger partial charge in [0.05, 0.1) is 16.8 Å². The maximum atomic E-state index is 12.3. The van der Waals surface area contributed by atoms with E-state index in [4.69, 9.17) is 0 Å². The van der Waals surface area contributed by atoms with Crippen molar-refractivity contribution in [3.63, 3.8) is 0 Å². The third-order valence-electron chi connectivity index (χ3n) is 27.5. The number of hydrogen-bond donors (Lipinski definition) is 3. The highest BCUT2D eigenvalue weighted by Crippen LogP contribution is 2.75. The van der Waals surface area contributed by atoms with Gasteiger partial charge in [0.25, 0.3) is 0 Å². The zero-order valence-corrected chi connectivity index (χ0v) is 37.0. The van der Waals surface area contributed by atoms with Crippen LogP contribution in [0.2, 0.25) is 0 Å². The fraction of sp³-hybridized carbons (Fsp3) is 0.964. The van der Waals surface area contributed by atoms with Gasteiger partial charge >= 0.3 is 0 Å². The molecule has 0 radical (unpaired) electrons. The SMILES string of the molecule is C1C2CC3C4CC5CC(C14)C(C2)C3C5.O=C1C2CC3C4CC5(O)CC3C1C(C5)C4C2.O=C1C2CC3C4CC5CC3C1C(C5)C4C2.OC12CC3C4CC5(O)CC3C(C1)C(C5)C4C2. The van der Waals surface area contributed by atoms with Crippen LogP contribution in [0.15, 0.2) is 0 Å². The van der Waals surface area contributed by atoms with Gasteiger partial charge < -0.3 is 15.3 Å². The molecule has 32 bridgehead atoms. The van der Waals surface area contributed by atoms with Crippen LogP contribution in [0.3, 0.4) is 0 Å². The van der Waals surface area contributed by atoms with Crippen LogP contribution in [0.25, 0.3) is 0 Å². The Labute approximate surface area is 364 Å². The van der Waals surface area contributed by atoms with E-state index < -0.39 is 0 Å². The standard InChI is InChI=1S/C14H20O2.C14H18O2.C14H18O.C14H20/c15-13-1-7-8-4-14(16)5-9(7)11(3-13)12(6-14)10(8)2-13;15-13-6-1-7-9-3-14(16)4-10(7)12(13)11(5-14)8(9)2-6;15-14-7-4-9-8-1-6-2-11(9)13(14)12(3-6)10(8)5-7;1-7-2-12-10-4-8-5-11(9(1)10)13(3-7)14(12)6-8/h7-12,15-16H,1-6H2;6-12,16H,1-5H2;6-13H,1-5H2;7-14H,1-6H2. The van der Waals surface area contributed by atoms with Gasteiger partial charge in [-0.05, 0) is 289 Å². The van der Waals surface area contributed by atoms with Crippen LogP contribution in [-0.2, 0) is 9.59 Å². The van der Waals surface area contributed by atoms with Gasteiger partial charge in [-0.25, -0.2) is 0 Å². The Bertz CT molecular complexity index is 1750. The average Bonchev–Trinajstić information content (AvgIpc) is 3.25. The molecular formula is C56H76O5. The summed E-state index contributed by atoms with van der Waals surface area (Å²) >= 11 is 0. The smallest absolute Gasteiger partial charge is 0.139 e. The molecule has 8 unspecified atom stereocenters. The summed E-state index contributed by atoms with van der Waals surface area (Å²) in [6, 6.07) is 0. The largest absolute Gasteiger partial charge is 0.390 e. The lowest BCUT2D eigenvalue weighted by atomic mass is 9.34. The number of carbonyl (C=O) groups is 2. The van der Waals surface area contributed by atoms with E-state index >= 15 is 0 Å². The Balaban J connectivity index is 0.0000000721. The molecule has 0 aromatic carbocycles. The molecule has 61 heavy (non-hydrogen) atoms. The number of carbonyl (C=O) groups excluding carboxylic acids is 2. The van der Waals surface area contributed by atoms with E-state index in [0.717, 1.165) is 147 Å². The topological polar surface area (TPSA) is 94.8 Å². The summed E-state index contributed by atoms with van der Waals surface area (Å²) in [6.07, 6.45) is 28.5. The number of rotatable bonds is 0. The van der Waals surface area contributed by atoms with Crippen LogP contribution < -0.4 is 0 Å². The lowest BCUT2D eigenvalue weighted by Crippen LogP contribution is -2.71. The third-order valence-corrected chi connectivity index (χ3v) is 27.5. The normalized spacial score (nSPS) is 70.8. The van der Waals surface area contributed by atoms with E-state index in [9.17, 15) is 24.9 Å². The zero-order valence-electron chi connectivity index (χ0n) is 37.0. The summed E-state index contributed by atoms with van der Waals surface area (Å²) < 4.78 is 0. The maximum absolute atomic E-state index is 12.3. The zero-order chi connectivity index (χ0) is 40.0. The van der Waals surface area contributed by atoms with Crippen LogP contribution in [0.5, 0.6) is 0 Å². The second-order valence-corrected chi connectivity index (χ2v) is 29.0. The fourth-order valence-electron chi connectivity index (χ4n) is 27.0. The molecular weight excluding hydrogens is 753 g/mol. The van der Waals surface area contributed by atoms with Crippen molar-refractivity contribution in [3.8, 4) is 0 Å². The van der Waals surface area contributed by atoms with Crippen LogP contribution in [0, 0.1) is 172 Å². The summed E-state index contributed by atoms with van der Waals surface area (Å²) in [5.41, 5.74) is -0.958. The minimum Gasteiger partial charge on any atom is -0.390 e. The third kappa shape index (κ3) is 4.47. The summed E-state index contributed by atoms with van der Waals surface area (Å²) in [7, 11) is 0. The molecule has 0 aromatic heterocycles. The number of aliphatic hydroxyl groups is 3. The first kappa shape index (κ1) is 36.4. The summed E-state index contributed by atoms with van der Waals surface area (Å²) in [5, 5.41) is 31.8. The van der Waals surface area contributed by atoms with E-state index in [1.54, 1.807) is 38.5 Å². The first-order chi connectivity index (χ1) is 29.5. The quantitative estimate of drug-likeness (QED) is 0.227. The first-order valence-electron chi connectivity index (χ1n) is 27.7. The predicted molar refractivity (Wildman–Crippen MR) is 228 cm³/mol. The number of Topliss-reactive ketones (excluding diaryl/α,β-unsaturated/α-hetero) is 2. The van der Waals surface area contributed by atoms with Gasteiger partial charge in [0.1, 0.15) is 11.6 Å². The molecule has 0 aromatic rings. The van der Waals surface area contributed by atoms with Gasteiger partial charge in [-0.2, -0.15) is 0 Å². The molecule has 3 N–H and O–H groups in total. The van der Waals surface area contributed by atoms with E-state index in [-0.39, 0.29) is 16.8 Å². The molecule has 8 atom stereocenters. The molecule has 28 fully saturated rings. The average molecular weight is 829 g/mol. The lowest BCUT2D eigenvalue weighted by Gasteiger charge is -2.73. The van der Waals surface area contributed by atoms with E-state index in [1.807, 2.05) is 0 Å². The minimum atomic E-state index is -0.367. The van der Waals surface area contributed by atoms with E-state index in [2.05, 4.69) is 0 Å². The first-order valence-corrected chi connectivity index (χ1v) is 27.7. The molecule has 5 nitrogen and oxygen atoms in total. The minimum absolute atomic E-state index is 0.295. The Morgan fingerprint density at radius 1 is 0.262 bits per heavy atom. The molecule has 5 heteroatoms. The van der Waals surface area contributed by atoms with Crippen molar-refractivity contribution in [2.24, 2.45) is 172 Å². The Morgan fingerprint density at radius 2 is 0.459 bits per heavy atom. The Morgan fingerprint density at radius 3 is 0.754 bits per heavy atom. The van der Waals surface area contributed by atoms with Gasteiger partial charge in [0, 0.05) is 23.7 Å². The maximum Gasteiger partial charge on any atom is 0.139 e. The van der Waals surface area contributed by atoms with Crippen molar-refractivity contribution in [3.05, 3.63) is 0 Å². The van der Waals surface area contributed by atoms with Gasteiger partial charge in [-0.3, -0.25) is 9.59 Å². The molecule has 0 saturated heterocycles. The molecule has 0 amide bonds. The molecule has 0 spiro atoms. The highest BCUT2D eigenvalue weighted by molar-refractivity contribution is 5.87. The molecule has 28 rings (SSSR count). The number of hydrogen-bond acceptors (Lipinski definition) is 5. The van der Waals surface area contributed by atoms with Gasteiger partial charge in [-0.1, -0.05) is 0 Å². The van der Waals surface area contributed by atoms with Crippen molar-refractivity contribution in [1.82, 2.24) is 0 Å². The number of ketones is 2. The van der Waals surface area contributed by atoms with Crippen molar-refractivity contribution in [2.45, 2.75) is 158 Å². The monoisotopic (exact) mass is 829 g/mol. The van der Waals surface area contributed by atoms with Crippen LogP contribution in [0.1, 0.15) is 141 Å². The van der Waals surface area contributed by atoms with Crippen LogP contribution >= 0.6 is 0 Å². The van der Waals surface area contributed by atoms with E-state index in [0.29, 0.717) is 47.1 Å². The van der Waals surface area contributed by atoms with E-state index in [1.165, 1.54) is 92.3 Å². The molecule has 28 aliphatic rings. The predicted octanol–water partition coefficient (Wildman–Crippen LogP) is 9.00. The Hall–Kier alpha value is -0.780. The van der Waals surface area contributed by atoms with Crippen molar-refractivity contribution < 1.29 is 24.9 Å². The molecule has 0 heterocycles. The highest BCUT2D eigenvalue weighted by Gasteiger charge is 2.72. The molecule has 28 aliphatic carbocycles. The molecule has 0 aliphatic heterocycles. The van der Waals surface area contributed by atoms with Crippen molar-refractivity contribution in [2.75, 3.05) is 0 Å². The van der Waals surface area contributed by atoms with Gasteiger partial charge in [0.2, 0.25) is 0 Å². The van der Waals surface area contributed by atoms with Gasteiger partial charge in [-0.15, -0.1) is 0 Å². The van der Waals surface area contributed by atoms with Crippen LogP contribution in [-0.4, -0.2) is 43.7 Å². The Kier molecular flexibility index (Phi) is 6.84. The summed E-state index contributed by atoms with van der Waals surface area (Å²) in [6.45, 7) is 0. The van der Waals surface area contributed by atoms with Crippen molar-refractivity contribution in [1.29, 1.82) is 0 Å². The van der Waals surface area contributed by atoms with Gasteiger partial charge in [0.15, 0.2) is 0 Å². The van der Waals surface area contributed by atoms with Crippen molar-refractivity contribution >= 4 is 11.6 Å². The second-order valence-electron chi connectivity index (χ2n) is 29.0. The highest BCUT2D eigenvalue weighted by atomic mass is 16.3. The molecule has 330 valence electrons. The molecule has 28 saturated carbocycles. The summed E-state index contributed by atoms with van der Waals surface area (Å²) in [4.78, 5) is 24.6. The second kappa shape index (κ2) is 11.5. The fourth-order valence-corrected chi connectivity index (χ4v) is 27.0. The lowest BCUT2D eigenvalue weighted by molar-refractivity contribution is -0.289. The summed E-state index contributed by atoms with van der Waals surface area (Å²) in [5.74, 6) is 26.8. The van der Waals surface area contributed by atoms with Crippen LogP contribution in [0.4, 0.5) is 0 Å².